The Hall–Kier alpha value is -1.39. The second-order valence-electron chi connectivity index (χ2n) is 3.84. The van der Waals surface area contributed by atoms with Crippen LogP contribution in [0, 0.1) is 0 Å². The third-order valence-corrected chi connectivity index (χ3v) is 2.61. The van der Waals surface area contributed by atoms with Gasteiger partial charge in [0.25, 0.3) is 0 Å². The first kappa shape index (κ1) is 22.6. The van der Waals surface area contributed by atoms with Gasteiger partial charge in [0.1, 0.15) is 11.6 Å². The van der Waals surface area contributed by atoms with Crippen LogP contribution >= 0.6 is 23.2 Å². The van der Waals surface area contributed by atoms with Gasteiger partial charge in [-0.15, -0.1) is 0 Å². The maximum absolute atomic E-state index is 9.69. The third kappa shape index (κ3) is 9.68. The molecule has 0 saturated heterocycles. The quantitative estimate of drug-likeness (QED) is 0.222. The molecule has 24 heavy (non-hydrogen) atoms. The molecule has 12 heteroatoms. The molecule has 0 bridgehead atoms. The number of pyridine rings is 1. The molecule has 3 N–H and O–H groups in total. The van der Waals surface area contributed by atoms with Crippen LogP contribution in [0.3, 0.4) is 0 Å². The van der Waals surface area contributed by atoms with Gasteiger partial charge in [0.2, 0.25) is 10.4 Å². The number of benzene rings is 1. The molecule has 0 atom stereocenters. The molecule has 0 aliphatic heterocycles. The number of phenolic OH excluding ortho intramolecular Hbond substituents is 1. The molecule has 8 nitrogen and oxygen atoms in total. The number of anilines is 1. The number of rotatable bonds is 3. The van der Waals surface area contributed by atoms with Crippen molar-refractivity contribution in [3.05, 3.63) is 52.1 Å². The fraction of sp³-hybridized carbons (Fsp3) is 0. The maximum atomic E-state index is 9.69. The largest absolute Gasteiger partial charge is 2.00 e. The Bertz CT molecular complexity index is 783. The van der Waals surface area contributed by atoms with Crippen molar-refractivity contribution in [1.82, 2.24) is 4.98 Å². The van der Waals surface area contributed by atoms with E-state index in [9.17, 15) is 5.11 Å². The number of hydrazone groups is 1. The zero-order chi connectivity index (χ0) is 17.5. The van der Waals surface area contributed by atoms with E-state index < -0.39 is 10.4 Å². The van der Waals surface area contributed by atoms with Gasteiger partial charge in [0.05, 0.1) is 11.2 Å². The van der Waals surface area contributed by atoms with Crippen LogP contribution in [0.2, 0.25) is 10.0 Å². The molecule has 0 saturated carbocycles. The van der Waals surface area contributed by atoms with E-state index >= 15 is 0 Å². The Morgan fingerprint density at radius 1 is 1.29 bits per heavy atom. The first-order valence-electron chi connectivity index (χ1n) is 5.73. The molecular weight excluding hydrogens is 425 g/mol. The van der Waals surface area contributed by atoms with Crippen molar-refractivity contribution in [1.29, 1.82) is 0 Å². The topological polar surface area (TPSA) is 135 Å². The Labute approximate surface area is 158 Å². The number of halogens is 2. The van der Waals surface area contributed by atoms with Crippen molar-refractivity contribution in [3.63, 3.8) is 0 Å². The summed E-state index contributed by atoms with van der Waals surface area (Å²) in [5.41, 5.74) is 3.15. The van der Waals surface area contributed by atoms with Crippen LogP contribution in [-0.2, 0) is 27.5 Å². The summed E-state index contributed by atoms with van der Waals surface area (Å²) in [6.45, 7) is 0. The van der Waals surface area contributed by atoms with E-state index in [0.29, 0.717) is 16.4 Å². The zero-order valence-corrected chi connectivity index (χ0v) is 15.0. The summed E-state index contributed by atoms with van der Waals surface area (Å²) < 4.78 is 32.8. The predicted octanol–water partition coefficient (Wildman–Crippen LogP) is 2.54. The fourth-order valence-electron chi connectivity index (χ4n) is 1.28. The molecular formula is C12H10Cl2FeN3O5S+. The molecule has 2 aromatic rings. The average molecular weight is 435 g/mol. The van der Waals surface area contributed by atoms with Crippen LogP contribution in [0.25, 0.3) is 0 Å². The summed E-state index contributed by atoms with van der Waals surface area (Å²) >= 11 is 11.6. The summed E-state index contributed by atoms with van der Waals surface area (Å²) in [5.74, 6) is 0.536. The van der Waals surface area contributed by atoms with E-state index in [0.717, 1.165) is 0 Å². The molecule has 0 radical (unpaired) electrons. The molecule has 0 spiro atoms. The minimum atomic E-state index is -4.92. The molecule has 0 amide bonds. The first-order chi connectivity index (χ1) is 10.7. The van der Waals surface area contributed by atoms with Gasteiger partial charge in [-0.2, -0.15) is 5.10 Å². The molecule has 0 aliphatic rings. The minimum Gasteiger partial charge on any atom is -0.726 e. The van der Waals surface area contributed by atoms with Gasteiger partial charge in [0.15, 0.2) is 0 Å². The van der Waals surface area contributed by atoms with Gasteiger partial charge in [-0.3, -0.25) is 9.98 Å². The second kappa shape index (κ2) is 10.5. The molecule has 0 fully saturated rings. The van der Waals surface area contributed by atoms with Crippen molar-refractivity contribution in [2.45, 2.75) is 0 Å². The number of hydrogen-bond donors (Lipinski definition) is 3. The zero-order valence-electron chi connectivity index (χ0n) is 11.6. The number of phenols is 1. The van der Waals surface area contributed by atoms with Crippen LogP contribution < -0.4 is 5.43 Å². The van der Waals surface area contributed by atoms with E-state index in [4.69, 9.17) is 40.7 Å². The minimum absolute atomic E-state index is 0. The van der Waals surface area contributed by atoms with E-state index in [-0.39, 0.29) is 27.8 Å². The number of hydrogen-bond acceptors (Lipinski definition) is 7. The third-order valence-electron chi connectivity index (χ3n) is 2.11. The van der Waals surface area contributed by atoms with Crippen LogP contribution in [0.4, 0.5) is 5.82 Å². The van der Waals surface area contributed by atoms with Crippen molar-refractivity contribution >= 4 is 45.6 Å². The van der Waals surface area contributed by atoms with Crippen LogP contribution in [0.1, 0.15) is 5.56 Å². The van der Waals surface area contributed by atoms with Crippen LogP contribution in [0.15, 0.2) is 41.6 Å². The number of nitrogens with zero attached hydrogens (tertiary/aromatic N) is 2. The van der Waals surface area contributed by atoms with Crippen molar-refractivity contribution < 1.29 is 39.7 Å². The smallest absolute Gasteiger partial charge is 0.726 e. The van der Waals surface area contributed by atoms with Crippen LogP contribution in [0.5, 0.6) is 5.75 Å². The monoisotopic (exact) mass is 434 g/mol. The SMILES string of the molecule is O=S(=O)([O-])O.Oc1c(Cl)cc(Cl)cc1C=NNc1ccccn1.[Fe+2]. The van der Waals surface area contributed by atoms with Crippen LogP contribution in [-0.4, -0.2) is 33.8 Å². The van der Waals surface area contributed by atoms with Crippen molar-refractivity contribution in [2.24, 2.45) is 5.10 Å². The summed E-state index contributed by atoms with van der Waals surface area (Å²) in [4.78, 5) is 4.03. The average Bonchev–Trinajstić information content (AvgIpc) is 2.43. The summed E-state index contributed by atoms with van der Waals surface area (Å²) in [6.07, 6.45) is 3.06. The molecule has 0 aliphatic carbocycles. The number of aromatic nitrogens is 1. The van der Waals surface area contributed by atoms with Crippen molar-refractivity contribution in [2.75, 3.05) is 5.43 Å². The maximum Gasteiger partial charge on any atom is 2.00 e. The summed E-state index contributed by atoms with van der Waals surface area (Å²) in [7, 11) is -4.92. The number of nitrogens with one attached hydrogen (secondary N) is 1. The van der Waals surface area contributed by atoms with Gasteiger partial charge in [-0.05, 0) is 24.3 Å². The number of aromatic hydroxyl groups is 1. The fourth-order valence-corrected chi connectivity index (χ4v) is 1.79. The Morgan fingerprint density at radius 2 is 1.92 bits per heavy atom. The summed E-state index contributed by atoms with van der Waals surface area (Å²) in [5, 5.41) is 14.2. The molecule has 1 heterocycles. The standard InChI is InChI=1S/C12H9Cl2N3O.Fe.H2O4S/c13-9-5-8(12(18)10(14)6-9)7-16-17-11-3-1-2-4-15-11;;1-5(2,3)4/h1-7,18H,(H,15,17);;(H2,1,2,3,4)/q;+2;/p-1. The Balaban J connectivity index is 0.000000777. The molecule has 1 aromatic heterocycles. The molecule has 1 aromatic carbocycles. The Kier molecular flexibility index (Phi) is 9.86. The predicted molar refractivity (Wildman–Crippen MR) is 85.9 cm³/mol. The van der Waals surface area contributed by atoms with Gasteiger partial charge >= 0.3 is 17.1 Å². The Morgan fingerprint density at radius 3 is 2.46 bits per heavy atom. The summed E-state index contributed by atoms with van der Waals surface area (Å²) in [6, 6.07) is 8.42. The first-order valence-corrected chi connectivity index (χ1v) is 7.85. The van der Waals surface area contributed by atoms with E-state index in [1.54, 1.807) is 24.4 Å². The second-order valence-corrected chi connectivity index (χ2v) is 5.54. The van der Waals surface area contributed by atoms with Gasteiger partial charge in [-0.1, -0.05) is 29.3 Å². The normalized spacial score (nSPS) is 10.5. The van der Waals surface area contributed by atoms with E-state index in [1.807, 2.05) is 6.07 Å². The van der Waals surface area contributed by atoms with Gasteiger partial charge in [-0.25, -0.2) is 13.4 Å². The van der Waals surface area contributed by atoms with Crippen molar-refractivity contribution in [3.8, 4) is 5.75 Å². The molecule has 130 valence electrons. The molecule has 0 unspecified atom stereocenters. The van der Waals surface area contributed by atoms with Gasteiger partial charge in [0, 0.05) is 16.8 Å². The van der Waals surface area contributed by atoms with E-state index in [1.165, 1.54) is 12.3 Å². The van der Waals surface area contributed by atoms with Gasteiger partial charge < -0.3 is 9.66 Å². The molecule has 2 rings (SSSR count). The van der Waals surface area contributed by atoms with E-state index in [2.05, 4.69) is 15.5 Å².